The SMILES string of the molecule is CC(C)n1c(=O)c2c(c3cc(N)ccc31)N[C@@H](C1CC1)C(F)(F)CO2. The van der Waals surface area contributed by atoms with E-state index in [9.17, 15) is 13.6 Å². The van der Waals surface area contributed by atoms with E-state index >= 15 is 0 Å². The van der Waals surface area contributed by atoms with Gasteiger partial charge in [-0.2, -0.15) is 0 Å². The number of halogens is 2. The number of nitrogens with two attached hydrogens (primary N) is 1. The van der Waals surface area contributed by atoms with Crippen LogP contribution in [0.2, 0.25) is 0 Å². The van der Waals surface area contributed by atoms with Crippen LogP contribution in [0.3, 0.4) is 0 Å². The number of aromatic nitrogens is 1. The van der Waals surface area contributed by atoms with Gasteiger partial charge in [-0.25, -0.2) is 8.78 Å². The van der Waals surface area contributed by atoms with E-state index in [1.165, 1.54) is 0 Å². The Balaban J connectivity index is 2.01. The highest BCUT2D eigenvalue weighted by atomic mass is 19.3. The number of rotatable bonds is 2. The van der Waals surface area contributed by atoms with Gasteiger partial charge in [0.05, 0.1) is 17.2 Å². The van der Waals surface area contributed by atoms with Crippen molar-refractivity contribution in [2.24, 2.45) is 5.92 Å². The van der Waals surface area contributed by atoms with Crippen molar-refractivity contribution in [3.8, 4) is 5.75 Å². The van der Waals surface area contributed by atoms with Crippen LogP contribution in [0.5, 0.6) is 5.75 Å². The van der Waals surface area contributed by atoms with Gasteiger partial charge in [-0.1, -0.05) is 0 Å². The summed E-state index contributed by atoms with van der Waals surface area (Å²) in [6, 6.07) is 3.99. The van der Waals surface area contributed by atoms with Gasteiger partial charge >= 0.3 is 5.92 Å². The summed E-state index contributed by atoms with van der Waals surface area (Å²) in [5.41, 5.74) is 7.01. The number of nitrogens with zero attached hydrogens (tertiary/aromatic N) is 1. The average Bonchev–Trinajstić information content (AvgIpc) is 3.35. The van der Waals surface area contributed by atoms with E-state index in [0.717, 1.165) is 12.8 Å². The molecule has 0 saturated heterocycles. The van der Waals surface area contributed by atoms with Gasteiger partial charge in [-0.3, -0.25) is 4.79 Å². The molecule has 4 rings (SSSR count). The minimum atomic E-state index is -3.04. The lowest BCUT2D eigenvalue weighted by Crippen LogP contribution is -2.44. The van der Waals surface area contributed by atoms with Gasteiger partial charge in [0, 0.05) is 17.1 Å². The largest absolute Gasteiger partial charge is 0.480 e. The van der Waals surface area contributed by atoms with Crippen LogP contribution in [-0.4, -0.2) is 23.1 Å². The van der Waals surface area contributed by atoms with Gasteiger partial charge in [-0.05, 0) is 50.8 Å². The van der Waals surface area contributed by atoms with E-state index in [-0.39, 0.29) is 17.7 Å². The van der Waals surface area contributed by atoms with Crippen LogP contribution in [0.15, 0.2) is 23.0 Å². The van der Waals surface area contributed by atoms with E-state index in [0.29, 0.717) is 22.3 Å². The Labute approximate surface area is 143 Å². The smallest absolute Gasteiger partial charge is 0.301 e. The minimum Gasteiger partial charge on any atom is -0.480 e. The molecule has 3 N–H and O–H groups in total. The van der Waals surface area contributed by atoms with E-state index in [2.05, 4.69) is 5.32 Å². The summed E-state index contributed by atoms with van der Waals surface area (Å²) in [7, 11) is 0. The Bertz CT molecular complexity index is 903. The molecule has 0 unspecified atom stereocenters. The predicted octanol–water partition coefficient (Wildman–Crippen LogP) is 3.38. The second-order valence-corrected chi connectivity index (χ2v) is 7.26. The Morgan fingerprint density at radius 1 is 1.36 bits per heavy atom. The average molecular weight is 349 g/mol. The highest BCUT2D eigenvalue weighted by Gasteiger charge is 2.51. The number of hydrogen-bond donors (Lipinski definition) is 2. The number of fused-ring (bicyclic) bond motifs is 3. The fourth-order valence-corrected chi connectivity index (χ4v) is 3.61. The van der Waals surface area contributed by atoms with Crippen LogP contribution >= 0.6 is 0 Å². The molecule has 5 nitrogen and oxygen atoms in total. The van der Waals surface area contributed by atoms with Crippen LogP contribution in [0, 0.1) is 5.92 Å². The topological polar surface area (TPSA) is 69.3 Å². The van der Waals surface area contributed by atoms with Crippen LogP contribution in [0.25, 0.3) is 10.9 Å². The fraction of sp³-hybridized carbons (Fsp3) is 0.500. The number of ether oxygens (including phenoxy) is 1. The predicted molar refractivity (Wildman–Crippen MR) is 93.6 cm³/mol. The molecule has 2 heterocycles. The van der Waals surface area contributed by atoms with Gasteiger partial charge in [0.15, 0.2) is 6.61 Å². The number of anilines is 2. The maximum absolute atomic E-state index is 14.5. The van der Waals surface area contributed by atoms with Crippen molar-refractivity contribution in [1.82, 2.24) is 4.57 Å². The molecule has 1 atom stereocenters. The normalized spacial score (nSPS) is 22.2. The van der Waals surface area contributed by atoms with E-state index in [1.54, 1.807) is 22.8 Å². The molecule has 1 aliphatic heterocycles. The zero-order chi connectivity index (χ0) is 17.9. The summed E-state index contributed by atoms with van der Waals surface area (Å²) in [5, 5.41) is 3.58. The number of pyridine rings is 1. The zero-order valence-electron chi connectivity index (χ0n) is 14.2. The second-order valence-electron chi connectivity index (χ2n) is 7.26. The number of alkyl halides is 2. The third-order valence-electron chi connectivity index (χ3n) is 4.96. The molecule has 1 fully saturated rings. The van der Waals surface area contributed by atoms with E-state index in [1.807, 2.05) is 13.8 Å². The molecular weight excluding hydrogens is 328 g/mol. The summed E-state index contributed by atoms with van der Waals surface area (Å²) in [5.74, 6) is -3.19. The molecule has 0 radical (unpaired) electrons. The van der Waals surface area contributed by atoms with Crippen molar-refractivity contribution >= 4 is 22.3 Å². The Morgan fingerprint density at radius 3 is 2.72 bits per heavy atom. The number of nitrogens with one attached hydrogen (secondary N) is 1. The van der Waals surface area contributed by atoms with Crippen molar-refractivity contribution in [3.63, 3.8) is 0 Å². The molecule has 7 heteroatoms. The summed E-state index contributed by atoms with van der Waals surface area (Å²) >= 11 is 0. The van der Waals surface area contributed by atoms with Gasteiger partial charge in [0.2, 0.25) is 5.75 Å². The molecule has 0 bridgehead atoms. The quantitative estimate of drug-likeness (QED) is 0.816. The molecule has 2 aliphatic rings. The van der Waals surface area contributed by atoms with Crippen molar-refractivity contribution in [2.75, 3.05) is 17.7 Å². The Morgan fingerprint density at radius 2 is 2.08 bits per heavy atom. The number of hydrogen-bond acceptors (Lipinski definition) is 4. The van der Waals surface area contributed by atoms with Crippen LogP contribution < -0.4 is 21.3 Å². The lowest BCUT2D eigenvalue weighted by atomic mass is 10.0. The summed E-state index contributed by atoms with van der Waals surface area (Å²) in [6.07, 6.45) is 1.51. The maximum Gasteiger partial charge on any atom is 0.301 e. The Hall–Kier alpha value is -2.31. The first-order valence-electron chi connectivity index (χ1n) is 8.54. The first kappa shape index (κ1) is 16.2. The van der Waals surface area contributed by atoms with Crippen molar-refractivity contribution in [2.45, 2.75) is 44.7 Å². The third-order valence-corrected chi connectivity index (χ3v) is 4.96. The first-order chi connectivity index (χ1) is 11.8. The van der Waals surface area contributed by atoms with E-state index < -0.39 is 24.1 Å². The molecule has 0 spiro atoms. The monoisotopic (exact) mass is 349 g/mol. The Kier molecular flexibility index (Phi) is 3.46. The van der Waals surface area contributed by atoms with Crippen LogP contribution in [0.1, 0.15) is 32.7 Å². The zero-order valence-corrected chi connectivity index (χ0v) is 14.2. The second kappa shape index (κ2) is 5.34. The molecule has 1 saturated carbocycles. The molecule has 134 valence electrons. The van der Waals surface area contributed by atoms with E-state index in [4.69, 9.17) is 10.5 Å². The molecular formula is C18H21F2N3O2. The molecule has 1 aromatic carbocycles. The molecule has 1 aliphatic carbocycles. The molecule has 2 aromatic rings. The standard InChI is InChI=1S/C18H21F2N3O2/c1-9(2)23-13-6-5-11(21)7-12(13)14-15(17(23)24)25-8-18(19,20)16(22-14)10-3-4-10/h5-7,9-10,16,22H,3-4,8,21H2,1-2H3/t16-/m0/s1. The lowest BCUT2D eigenvalue weighted by Gasteiger charge is -2.25. The lowest BCUT2D eigenvalue weighted by molar-refractivity contribution is -0.0579. The minimum absolute atomic E-state index is 0.0466. The summed E-state index contributed by atoms with van der Waals surface area (Å²) < 4.78 is 36.0. The van der Waals surface area contributed by atoms with Crippen LogP contribution in [-0.2, 0) is 0 Å². The number of benzene rings is 1. The van der Waals surface area contributed by atoms with Gasteiger partial charge in [0.25, 0.3) is 5.56 Å². The molecule has 25 heavy (non-hydrogen) atoms. The third kappa shape index (κ3) is 2.53. The number of nitrogen functional groups attached to an aromatic ring is 1. The first-order valence-corrected chi connectivity index (χ1v) is 8.54. The summed E-state index contributed by atoms with van der Waals surface area (Å²) in [4.78, 5) is 12.9. The van der Waals surface area contributed by atoms with Gasteiger partial charge < -0.3 is 20.4 Å². The molecule has 1 aromatic heterocycles. The van der Waals surface area contributed by atoms with Crippen molar-refractivity contribution < 1.29 is 13.5 Å². The van der Waals surface area contributed by atoms with Gasteiger partial charge in [0.1, 0.15) is 0 Å². The highest BCUT2D eigenvalue weighted by molar-refractivity contribution is 5.97. The maximum atomic E-state index is 14.5. The molecule has 0 amide bonds. The highest BCUT2D eigenvalue weighted by Crippen LogP contribution is 2.45. The van der Waals surface area contributed by atoms with Gasteiger partial charge in [-0.15, -0.1) is 0 Å². The fourth-order valence-electron chi connectivity index (χ4n) is 3.61. The van der Waals surface area contributed by atoms with Crippen LogP contribution in [0.4, 0.5) is 20.2 Å². The summed E-state index contributed by atoms with van der Waals surface area (Å²) in [6.45, 7) is 2.94. The van der Waals surface area contributed by atoms with Crippen molar-refractivity contribution in [3.05, 3.63) is 28.6 Å². The van der Waals surface area contributed by atoms with Crippen molar-refractivity contribution in [1.29, 1.82) is 0 Å².